The SMILES string of the molecule is O=C(Nc1ccc(F)cc1F)c1ccc(Nc2ccccc2C(F)(F)F)cn1. The van der Waals surface area contributed by atoms with E-state index in [0.717, 1.165) is 18.2 Å². The first-order valence-corrected chi connectivity index (χ1v) is 7.90. The number of halogens is 5. The molecule has 0 radical (unpaired) electrons. The Hall–Kier alpha value is -3.49. The van der Waals surface area contributed by atoms with Gasteiger partial charge in [-0.05, 0) is 36.4 Å². The van der Waals surface area contributed by atoms with Gasteiger partial charge < -0.3 is 10.6 Å². The summed E-state index contributed by atoms with van der Waals surface area (Å²) >= 11 is 0. The van der Waals surface area contributed by atoms with Crippen molar-refractivity contribution in [3.8, 4) is 0 Å². The van der Waals surface area contributed by atoms with Gasteiger partial charge >= 0.3 is 6.18 Å². The maximum Gasteiger partial charge on any atom is 0.418 e. The van der Waals surface area contributed by atoms with E-state index < -0.39 is 29.3 Å². The molecule has 4 nitrogen and oxygen atoms in total. The predicted molar refractivity (Wildman–Crippen MR) is 93.3 cm³/mol. The lowest BCUT2D eigenvalue weighted by Gasteiger charge is -2.14. The van der Waals surface area contributed by atoms with Gasteiger partial charge in [-0.1, -0.05) is 12.1 Å². The third-order valence-electron chi connectivity index (χ3n) is 3.69. The number of benzene rings is 2. The average Bonchev–Trinajstić information content (AvgIpc) is 2.64. The summed E-state index contributed by atoms with van der Waals surface area (Å²) in [6, 6.07) is 10.2. The highest BCUT2D eigenvalue weighted by Crippen LogP contribution is 2.35. The Kier molecular flexibility index (Phi) is 5.25. The molecule has 0 fully saturated rings. The van der Waals surface area contributed by atoms with Crippen molar-refractivity contribution >= 4 is 23.0 Å². The molecule has 0 saturated carbocycles. The molecule has 0 spiro atoms. The number of amides is 1. The van der Waals surface area contributed by atoms with Crippen LogP contribution in [0.5, 0.6) is 0 Å². The summed E-state index contributed by atoms with van der Waals surface area (Å²) < 4.78 is 65.5. The summed E-state index contributed by atoms with van der Waals surface area (Å²) in [6.45, 7) is 0. The zero-order chi connectivity index (χ0) is 20.3. The normalized spacial score (nSPS) is 11.2. The number of nitrogens with zero attached hydrogens (tertiary/aromatic N) is 1. The highest BCUT2D eigenvalue weighted by molar-refractivity contribution is 6.03. The van der Waals surface area contributed by atoms with Crippen LogP contribution in [0.4, 0.5) is 39.0 Å². The number of rotatable bonds is 4. The monoisotopic (exact) mass is 393 g/mol. The topological polar surface area (TPSA) is 54.0 Å². The lowest BCUT2D eigenvalue weighted by atomic mass is 10.1. The molecule has 1 aromatic heterocycles. The Balaban J connectivity index is 1.74. The number of anilines is 3. The van der Waals surface area contributed by atoms with Gasteiger partial charge in [-0.2, -0.15) is 13.2 Å². The molecule has 9 heteroatoms. The second kappa shape index (κ2) is 7.63. The molecule has 0 aliphatic rings. The molecule has 0 unspecified atom stereocenters. The zero-order valence-electron chi connectivity index (χ0n) is 14.0. The maximum absolute atomic E-state index is 13.6. The molecule has 144 valence electrons. The Morgan fingerprint density at radius 1 is 0.929 bits per heavy atom. The van der Waals surface area contributed by atoms with Crippen LogP contribution in [-0.4, -0.2) is 10.9 Å². The number of hydrogen-bond acceptors (Lipinski definition) is 3. The van der Waals surface area contributed by atoms with Gasteiger partial charge in [-0.15, -0.1) is 0 Å². The fourth-order valence-corrected chi connectivity index (χ4v) is 2.37. The Morgan fingerprint density at radius 2 is 1.68 bits per heavy atom. The van der Waals surface area contributed by atoms with Crippen LogP contribution in [-0.2, 0) is 6.18 Å². The summed E-state index contributed by atoms with van der Waals surface area (Å²) in [6.07, 6.45) is -3.36. The zero-order valence-corrected chi connectivity index (χ0v) is 14.0. The quantitative estimate of drug-likeness (QED) is 0.586. The Bertz CT molecular complexity index is 1000. The van der Waals surface area contributed by atoms with E-state index >= 15 is 0 Å². The van der Waals surface area contributed by atoms with Gasteiger partial charge in [0.05, 0.1) is 28.8 Å². The summed E-state index contributed by atoms with van der Waals surface area (Å²) in [5.41, 5.74) is -1.11. The van der Waals surface area contributed by atoms with Crippen molar-refractivity contribution in [2.75, 3.05) is 10.6 Å². The second-order valence-corrected chi connectivity index (χ2v) is 5.68. The lowest BCUT2D eigenvalue weighted by Crippen LogP contribution is -2.14. The van der Waals surface area contributed by atoms with E-state index in [0.29, 0.717) is 6.07 Å². The van der Waals surface area contributed by atoms with E-state index in [9.17, 15) is 26.7 Å². The molecule has 2 N–H and O–H groups in total. The van der Waals surface area contributed by atoms with Gasteiger partial charge in [-0.3, -0.25) is 4.79 Å². The first kappa shape index (κ1) is 19.3. The van der Waals surface area contributed by atoms with E-state index in [2.05, 4.69) is 15.6 Å². The highest BCUT2D eigenvalue weighted by Gasteiger charge is 2.33. The largest absolute Gasteiger partial charge is 0.418 e. The number of nitrogens with one attached hydrogen (secondary N) is 2. The summed E-state index contributed by atoms with van der Waals surface area (Å²) in [5, 5.41) is 4.83. The molecule has 0 aliphatic heterocycles. The molecule has 1 heterocycles. The molecule has 0 aliphatic carbocycles. The number of para-hydroxylation sites is 1. The van der Waals surface area contributed by atoms with Crippen molar-refractivity contribution in [2.24, 2.45) is 0 Å². The molecule has 0 bridgehead atoms. The number of alkyl halides is 3. The van der Waals surface area contributed by atoms with Crippen LogP contribution in [0.2, 0.25) is 0 Å². The number of pyridine rings is 1. The predicted octanol–water partition coefficient (Wildman–Crippen LogP) is 5.37. The van der Waals surface area contributed by atoms with Crippen LogP contribution >= 0.6 is 0 Å². The number of hydrogen-bond donors (Lipinski definition) is 2. The minimum absolute atomic E-state index is 0.0987. The molecule has 3 aromatic rings. The van der Waals surface area contributed by atoms with Crippen molar-refractivity contribution in [1.29, 1.82) is 0 Å². The van der Waals surface area contributed by atoms with Crippen LogP contribution < -0.4 is 10.6 Å². The first-order valence-electron chi connectivity index (χ1n) is 7.90. The molecule has 0 atom stereocenters. The van der Waals surface area contributed by atoms with Crippen LogP contribution in [0, 0.1) is 11.6 Å². The van der Waals surface area contributed by atoms with Gasteiger partial charge in [0.1, 0.15) is 17.3 Å². The smallest absolute Gasteiger partial charge is 0.354 e. The average molecular weight is 393 g/mol. The van der Waals surface area contributed by atoms with Crippen molar-refractivity contribution in [2.45, 2.75) is 6.18 Å². The van der Waals surface area contributed by atoms with Gasteiger partial charge in [0.2, 0.25) is 0 Å². The van der Waals surface area contributed by atoms with Crippen LogP contribution in [0.15, 0.2) is 60.8 Å². The fraction of sp³-hybridized carbons (Fsp3) is 0.0526. The van der Waals surface area contributed by atoms with Crippen LogP contribution in [0.1, 0.15) is 16.1 Å². The second-order valence-electron chi connectivity index (χ2n) is 5.68. The summed E-state index contributed by atoms with van der Waals surface area (Å²) in [7, 11) is 0. The highest BCUT2D eigenvalue weighted by atomic mass is 19.4. The standard InChI is InChI=1S/C19H12F5N3O/c20-11-5-7-16(14(21)9-11)27-18(28)17-8-6-12(10-25-17)26-15-4-2-1-3-13(15)19(22,23)24/h1-10,26H,(H,27,28). The number of aromatic nitrogens is 1. The molecule has 0 saturated heterocycles. The molecule has 1 amide bonds. The third kappa shape index (κ3) is 4.43. The molecule has 2 aromatic carbocycles. The minimum Gasteiger partial charge on any atom is -0.354 e. The fourth-order valence-electron chi connectivity index (χ4n) is 2.37. The van der Waals surface area contributed by atoms with Gasteiger partial charge in [0.25, 0.3) is 5.91 Å². The Morgan fingerprint density at radius 3 is 2.32 bits per heavy atom. The van der Waals surface area contributed by atoms with Gasteiger partial charge in [0, 0.05) is 6.07 Å². The van der Waals surface area contributed by atoms with E-state index in [1.54, 1.807) is 0 Å². The van der Waals surface area contributed by atoms with Gasteiger partial charge in [0.15, 0.2) is 0 Å². The lowest BCUT2D eigenvalue weighted by molar-refractivity contribution is -0.136. The minimum atomic E-state index is -4.53. The first-order chi connectivity index (χ1) is 13.2. The van der Waals surface area contributed by atoms with Crippen molar-refractivity contribution in [3.05, 3.63) is 83.7 Å². The molecule has 3 rings (SSSR count). The third-order valence-corrected chi connectivity index (χ3v) is 3.69. The number of carbonyl (C=O) groups is 1. The summed E-state index contributed by atoms with van der Waals surface area (Å²) in [4.78, 5) is 16.0. The van der Waals surface area contributed by atoms with Crippen molar-refractivity contribution < 1.29 is 26.7 Å². The van der Waals surface area contributed by atoms with E-state index in [-0.39, 0.29) is 22.8 Å². The van der Waals surface area contributed by atoms with Crippen molar-refractivity contribution in [3.63, 3.8) is 0 Å². The molecular formula is C19H12F5N3O. The van der Waals surface area contributed by atoms with E-state index in [4.69, 9.17) is 0 Å². The van der Waals surface area contributed by atoms with Gasteiger partial charge in [-0.25, -0.2) is 13.8 Å². The Labute approximate surface area is 156 Å². The number of carbonyl (C=O) groups excluding carboxylic acids is 1. The molecular weight excluding hydrogens is 381 g/mol. The summed E-state index contributed by atoms with van der Waals surface area (Å²) in [5.74, 6) is -2.49. The molecule has 28 heavy (non-hydrogen) atoms. The van der Waals surface area contributed by atoms with E-state index in [1.807, 2.05) is 0 Å². The van der Waals surface area contributed by atoms with Crippen molar-refractivity contribution in [1.82, 2.24) is 4.98 Å². The maximum atomic E-state index is 13.6. The van der Waals surface area contributed by atoms with Crippen LogP contribution in [0.25, 0.3) is 0 Å². The van der Waals surface area contributed by atoms with Crippen LogP contribution in [0.3, 0.4) is 0 Å². The van der Waals surface area contributed by atoms with E-state index in [1.165, 1.54) is 36.5 Å².